The van der Waals surface area contributed by atoms with E-state index in [-0.39, 0.29) is 6.10 Å². The Bertz CT molecular complexity index is 225. The van der Waals surface area contributed by atoms with Crippen molar-refractivity contribution in [2.75, 3.05) is 14.2 Å². The molecule has 2 aliphatic carbocycles. The SMILES string of the molecule is COC1C2=[C]([Au])CC(C2)C1OC. The molecule has 1 fully saturated rings. The van der Waals surface area contributed by atoms with Gasteiger partial charge in [0.25, 0.3) is 0 Å². The summed E-state index contributed by atoms with van der Waals surface area (Å²) in [4.78, 5) is 0. The average molecular weight is 350 g/mol. The normalized spacial score (nSPS) is 39.8. The first-order valence-electron chi connectivity index (χ1n) is 4.17. The van der Waals surface area contributed by atoms with Gasteiger partial charge in [-0.1, -0.05) is 0 Å². The zero-order chi connectivity index (χ0) is 8.72. The van der Waals surface area contributed by atoms with Crippen LogP contribution < -0.4 is 0 Å². The zero-order valence-corrected chi connectivity index (χ0v) is 9.43. The maximum atomic E-state index is 5.43. The third-order valence-corrected chi connectivity index (χ3v) is 4.00. The fraction of sp³-hybridized carbons (Fsp3) is 0.778. The van der Waals surface area contributed by atoms with Crippen molar-refractivity contribution in [3.05, 3.63) is 9.36 Å². The van der Waals surface area contributed by atoms with Gasteiger partial charge in [-0.15, -0.1) is 0 Å². The van der Waals surface area contributed by atoms with Crippen molar-refractivity contribution in [2.45, 2.75) is 25.0 Å². The van der Waals surface area contributed by atoms with E-state index in [0.717, 1.165) is 0 Å². The van der Waals surface area contributed by atoms with Gasteiger partial charge in [-0.3, -0.25) is 0 Å². The van der Waals surface area contributed by atoms with Crippen LogP contribution in [0.15, 0.2) is 9.36 Å². The molecule has 3 atom stereocenters. The molecule has 0 aliphatic heterocycles. The van der Waals surface area contributed by atoms with Gasteiger partial charge in [0.15, 0.2) is 0 Å². The van der Waals surface area contributed by atoms with Crippen LogP contribution >= 0.6 is 0 Å². The second-order valence-corrected chi connectivity index (χ2v) is 4.72. The molecule has 0 spiro atoms. The van der Waals surface area contributed by atoms with Crippen LogP contribution in [0.1, 0.15) is 12.8 Å². The van der Waals surface area contributed by atoms with E-state index in [9.17, 15) is 0 Å². The Labute approximate surface area is 85.2 Å². The van der Waals surface area contributed by atoms with Gasteiger partial charge in [-0.2, -0.15) is 0 Å². The number of hydrogen-bond acceptors (Lipinski definition) is 2. The summed E-state index contributed by atoms with van der Waals surface area (Å²) < 4.78 is 12.3. The van der Waals surface area contributed by atoms with Crippen molar-refractivity contribution in [2.24, 2.45) is 5.92 Å². The van der Waals surface area contributed by atoms with Crippen LogP contribution in [-0.2, 0) is 30.5 Å². The summed E-state index contributed by atoms with van der Waals surface area (Å²) in [5.74, 6) is 0.676. The van der Waals surface area contributed by atoms with Crippen LogP contribution in [0.5, 0.6) is 0 Å². The number of methoxy groups -OCH3 is 2. The summed E-state index contributed by atoms with van der Waals surface area (Å²) >= 11 is 2.62. The van der Waals surface area contributed by atoms with Crippen LogP contribution in [0.3, 0.4) is 0 Å². The van der Waals surface area contributed by atoms with Crippen LogP contribution in [0, 0.1) is 5.92 Å². The van der Waals surface area contributed by atoms with Gasteiger partial charge in [0.2, 0.25) is 0 Å². The molecule has 2 rings (SSSR count). The van der Waals surface area contributed by atoms with Crippen molar-refractivity contribution in [1.82, 2.24) is 0 Å². The molecule has 2 bridgehead atoms. The number of rotatable bonds is 2. The van der Waals surface area contributed by atoms with Crippen LogP contribution in [0.25, 0.3) is 0 Å². The van der Waals surface area contributed by atoms with Crippen molar-refractivity contribution < 1.29 is 30.5 Å². The molecule has 0 aromatic rings. The van der Waals surface area contributed by atoms with Crippen molar-refractivity contribution in [3.63, 3.8) is 0 Å². The van der Waals surface area contributed by atoms with Crippen LogP contribution in [-0.4, -0.2) is 26.4 Å². The minimum absolute atomic E-state index is 0.230. The molecule has 0 amide bonds. The molecule has 3 heteroatoms. The molecule has 0 saturated heterocycles. The molecule has 12 heavy (non-hydrogen) atoms. The topological polar surface area (TPSA) is 18.5 Å². The molecule has 0 heterocycles. The Morgan fingerprint density at radius 2 is 2.00 bits per heavy atom. The van der Waals surface area contributed by atoms with Gasteiger partial charge < -0.3 is 0 Å². The van der Waals surface area contributed by atoms with Crippen molar-refractivity contribution in [3.8, 4) is 0 Å². The second kappa shape index (κ2) is 3.28. The Hall–Kier alpha value is 0.400. The Morgan fingerprint density at radius 1 is 1.25 bits per heavy atom. The predicted octanol–water partition coefficient (Wildman–Crippen LogP) is 1.24. The molecule has 2 nitrogen and oxygen atoms in total. The Balaban J connectivity index is 2.24. The molecule has 1 saturated carbocycles. The molecule has 72 valence electrons. The van der Waals surface area contributed by atoms with Crippen LogP contribution in [0.2, 0.25) is 0 Å². The van der Waals surface area contributed by atoms with E-state index in [0.29, 0.717) is 12.0 Å². The second-order valence-electron chi connectivity index (χ2n) is 3.41. The fourth-order valence-electron chi connectivity index (χ4n) is 2.33. The molecule has 0 N–H and O–H groups in total. The summed E-state index contributed by atoms with van der Waals surface area (Å²) in [6, 6.07) is 0. The third kappa shape index (κ3) is 1.14. The van der Waals surface area contributed by atoms with Gasteiger partial charge in [-0.25, -0.2) is 0 Å². The summed E-state index contributed by atoms with van der Waals surface area (Å²) in [5, 5.41) is 0. The first-order valence-corrected chi connectivity index (χ1v) is 5.25. The summed E-state index contributed by atoms with van der Waals surface area (Å²) in [6.45, 7) is 0. The van der Waals surface area contributed by atoms with Gasteiger partial charge in [-0.05, 0) is 0 Å². The van der Waals surface area contributed by atoms with E-state index in [1.165, 1.54) is 22.2 Å². The van der Waals surface area contributed by atoms with Crippen LogP contribution in [0.4, 0.5) is 0 Å². The summed E-state index contributed by atoms with van der Waals surface area (Å²) in [6.07, 6.45) is 2.91. The zero-order valence-electron chi connectivity index (χ0n) is 7.26. The number of fused-ring (bicyclic) bond motifs is 2. The first kappa shape index (κ1) is 8.97. The molecule has 2 aliphatic rings. The van der Waals surface area contributed by atoms with E-state index >= 15 is 0 Å². The summed E-state index contributed by atoms with van der Waals surface area (Å²) in [5.41, 5.74) is 1.47. The Morgan fingerprint density at radius 3 is 2.58 bits per heavy atom. The first-order chi connectivity index (χ1) is 5.77. The molecular weight excluding hydrogens is 337 g/mol. The third-order valence-electron chi connectivity index (χ3n) is 2.86. The van der Waals surface area contributed by atoms with E-state index in [4.69, 9.17) is 9.47 Å². The minimum atomic E-state index is 0.230. The van der Waals surface area contributed by atoms with Crippen molar-refractivity contribution >= 4 is 0 Å². The number of hydrogen-bond donors (Lipinski definition) is 0. The van der Waals surface area contributed by atoms with Gasteiger partial charge in [0, 0.05) is 0 Å². The molecule has 0 radical (unpaired) electrons. The van der Waals surface area contributed by atoms with Crippen molar-refractivity contribution in [1.29, 1.82) is 0 Å². The number of allylic oxidation sites excluding steroid dienone is 1. The molecular formula is C9H13AuO2. The predicted molar refractivity (Wildman–Crippen MR) is 41.3 cm³/mol. The van der Waals surface area contributed by atoms with Gasteiger partial charge in [0.05, 0.1) is 0 Å². The standard InChI is InChI=1S/C9H13O2.Au/c1-10-8-6-3-4-7(5-6)9(8)11-2;/h6,8-9H,3,5H2,1-2H3;. The van der Waals surface area contributed by atoms with E-state index in [2.05, 4.69) is 21.1 Å². The van der Waals surface area contributed by atoms with E-state index in [1.807, 2.05) is 0 Å². The Kier molecular flexibility index (Phi) is 2.45. The monoisotopic (exact) mass is 350 g/mol. The fourth-order valence-corrected chi connectivity index (χ4v) is 3.43. The maximum absolute atomic E-state index is 5.43. The molecule has 0 aromatic carbocycles. The van der Waals surface area contributed by atoms with Gasteiger partial charge in [0.1, 0.15) is 0 Å². The number of ether oxygens (including phenoxy) is 2. The summed E-state index contributed by atoms with van der Waals surface area (Å²) in [7, 11) is 3.55. The van der Waals surface area contributed by atoms with Gasteiger partial charge >= 0.3 is 85.1 Å². The molecule has 0 aromatic heterocycles. The quantitative estimate of drug-likeness (QED) is 0.698. The molecule has 3 unspecified atom stereocenters. The average Bonchev–Trinajstić information content (AvgIpc) is 2.58. The van der Waals surface area contributed by atoms with E-state index < -0.39 is 0 Å². The van der Waals surface area contributed by atoms with E-state index in [1.54, 1.807) is 14.2 Å².